The maximum Gasteiger partial charge on any atom is 0.252 e. The summed E-state index contributed by atoms with van der Waals surface area (Å²) in [6.45, 7) is 11.6. The molecular weight excluding hydrogens is 240 g/mol. The van der Waals surface area contributed by atoms with Crippen LogP contribution in [0.2, 0.25) is 0 Å². The molecule has 0 aliphatic heterocycles. The maximum atomic E-state index is 12.1. The lowest BCUT2D eigenvalue weighted by molar-refractivity contribution is -0.118. The van der Waals surface area contributed by atoms with Gasteiger partial charge in [0, 0.05) is 16.7 Å². The Bertz CT molecular complexity index is 458. The van der Waals surface area contributed by atoms with Crippen LogP contribution in [-0.2, 0) is 4.79 Å². The van der Waals surface area contributed by atoms with Crippen molar-refractivity contribution in [2.24, 2.45) is 0 Å². The molecule has 0 aromatic heterocycles. The Morgan fingerprint density at radius 2 is 1.58 bits per heavy atom. The van der Waals surface area contributed by atoms with Gasteiger partial charge in [0.25, 0.3) is 5.91 Å². The van der Waals surface area contributed by atoms with Crippen LogP contribution in [0.5, 0.6) is 0 Å². The van der Waals surface area contributed by atoms with Gasteiger partial charge in [-0.3, -0.25) is 4.79 Å². The summed E-state index contributed by atoms with van der Waals surface area (Å²) in [7, 11) is 0. The van der Waals surface area contributed by atoms with E-state index in [0.29, 0.717) is 11.1 Å². The molecule has 0 saturated carbocycles. The van der Waals surface area contributed by atoms with Gasteiger partial charge in [0.2, 0.25) is 0 Å². The van der Waals surface area contributed by atoms with Gasteiger partial charge in [0.05, 0.1) is 5.57 Å². The van der Waals surface area contributed by atoms with Gasteiger partial charge < -0.3 is 15.7 Å². The number of hydrogen-bond donors (Lipinski definition) is 3. The van der Waals surface area contributed by atoms with Crippen LogP contribution < -0.4 is 10.6 Å². The number of allylic oxidation sites excluding steroid dienone is 3. The molecular formula is C15H24N2O2. The molecule has 0 radical (unpaired) electrons. The molecule has 0 saturated heterocycles. The smallest absolute Gasteiger partial charge is 0.252 e. The highest BCUT2D eigenvalue weighted by Crippen LogP contribution is 2.22. The SMILES string of the molecule is CC(C)(C)NC(=O)C1=CC=C/C1=C(/O)NC(C)(C)C. The standard InChI is InChI=1S/C15H24N2O2/c1-14(2,3)16-12(18)10-8-7-9-11(10)13(19)17-15(4,5)6/h7-9,16,18H,1-6H3,(H,17,19)/b12-10-. The van der Waals surface area contributed by atoms with E-state index in [4.69, 9.17) is 0 Å². The van der Waals surface area contributed by atoms with E-state index in [1.807, 2.05) is 41.5 Å². The highest BCUT2D eigenvalue weighted by molar-refractivity contribution is 6.00. The summed E-state index contributed by atoms with van der Waals surface area (Å²) in [5.41, 5.74) is 0.429. The van der Waals surface area contributed by atoms with Gasteiger partial charge >= 0.3 is 0 Å². The number of nitrogens with one attached hydrogen (secondary N) is 2. The van der Waals surface area contributed by atoms with Crippen molar-refractivity contribution in [1.82, 2.24) is 10.6 Å². The molecule has 0 fully saturated rings. The molecule has 1 aliphatic rings. The van der Waals surface area contributed by atoms with E-state index in [2.05, 4.69) is 10.6 Å². The molecule has 0 spiro atoms. The Labute approximate surface area is 115 Å². The van der Waals surface area contributed by atoms with Crippen LogP contribution in [0.15, 0.2) is 35.3 Å². The van der Waals surface area contributed by atoms with Crippen LogP contribution in [0.25, 0.3) is 0 Å². The van der Waals surface area contributed by atoms with Crippen molar-refractivity contribution in [3.05, 3.63) is 35.3 Å². The molecule has 0 bridgehead atoms. The van der Waals surface area contributed by atoms with Gasteiger partial charge in [0.15, 0.2) is 5.88 Å². The first kappa shape index (κ1) is 15.3. The number of carbonyl (C=O) groups is 1. The first-order chi connectivity index (χ1) is 8.49. The Morgan fingerprint density at radius 3 is 2.05 bits per heavy atom. The predicted octanol–water partition coefficient (Wildman–Crippen LogP) is 2.56. The first-order valence-electron chi connectivity index (χ1n) is 6.42. The van der Waals surface area contributed by atoms with Crippen molar-refractivity contribution in [2.45, 2.75) is 52.6 Å². The summed E-state index contributed by atoms with van der Waals surface area (Å²) in [6, 6.07) is 0. The molecule has 1 amide bonds. The molecule has 0 unspecified atom stereocenters. The second-order valence-electron chi connectivity index (χ2n) is 6.78. The van der Waals surface area contributed by atoms with Crippen molar-refractivity contribution >= 4 is 5.91 Å². The molecule has 4 nitrogen and oxygen atoms in total. The monoisotopic (exact) mass is 264 g/mol. The van der Waals surface area contributed by atoms with Gasteiger partial charge in [0.1, 0.15) is 0 Å². The minimum Gasteiger partial charge on any atom is -0.494 e. The number of amides is 1. The second kappa shape index (κ2) is 5.11. The summed E-state index contributed by atoms with van der Waals surface area (Å²) < 4.78 is 0. The Morgan fingerprint density at radius 1 is 1.05 bits per heavy atom. The molecule has 0 aromatic rings. The number of aliphatic hydroxyl groups excluding tert-OH is 1. The third-order valence-electron chi connectivity index (χ3n) is 2.30. The summed E-state index contributed by atoms with van der Waals surface area (Å²) >= 11 is 0. The van der Waals surface area contributed by atoms with Crippen molar-refractivity contribution < 1.29 is 9.90 Å². The largest absolute Gasteiger partial charge is 0.494 e. The third-order valence-corrected chi connectivity index (χ3v) is 2.30. The van der Waals surface area contributed by atoms with E-state index in [9.17, 15) is 9.90 Å². The van der Waals surface area contributed by atoms with Gasteiger partial charge in [-0.1, -0.05) is 6.08 Å². The molecule has 3 N–H and O–H groups in total. The van der Waals surface area contributed by atoms with E-state index in [0.717, 1.165) is 0 Å². The molecule has 4 heteroatoms. The fourth-order valence-electron chi connectivity index (χ4n) is 1.66. The van der Waals surface area contributed by atoms with Crippen LogP contribution in [0.4, 0.5) is 0 Å². The minimum absolute atomic E-state index is 0.0246. The average Bonchev–Trinajstić information content (AvgIpc) is 2.59. The first-order valence-corrected chi connectivity index (χ1v) is 6.42. The van der Waals surface area contributed by atoms with E-state index >= 15 is 0 Å². The van der Waals surface area contributed by atoms with Crippen molar-refractivity contribution in [1.29, 1.82) is 0 Å². The lowest BCUT2D eigenvalue weighted by atomic mass is 10.0. The van der Waals surface area contributed by atoms with Crippen LogP contribution in [-0.4, -0.2) is 22.1 Å². The van der Waals surface area contributed by atoms with Crippen LogP contribution in [0, 0.1) is 0 Å². The normalized spacial score (nSPS) is 18.1. The third kappa shape index (κ3) is 4.81. The molecule has 0 atom stereocenters. The molecule has 1 rings (SSSR count). The van der Waals surface area contributed by atoms with Crippen molar-refractivity contribution in [2.75, 3.05) is 0 Å². The number of rotatable bonds is 2. The van der Waals surface area contributed by atoms with E-state index < -0.39 is 0 Å². The van der Waals surface area contributed by atoms with Crippen molar-refractivity contribution in [3.63, 3.8) is 0 Å². The van der Waals surface area contributed by atoms with Gasteiger partial charge in [-0.15, -0.1) is 0 Å². The fourth-order valence-corrected chi connectivity index (χ4v) is 1.66. The summed E-state index contributed by atoms with van der Waals surface area (Å²) in [5, 5.41) is 16.0. The molecule has 1 aliphatic carbocycles. The van der Waals surface area contributed by atoms with E-state index in [1.165, 1.54) is 0 Å². The highest BCUT2D eigenvalue weighted by atomic mass is 16.3. The summed E-state index contributed by atoms with van der Waals surface area (Å²) in [5.74, 6) is -0.161. The Balaban J connectivity index is 2.93. The lowest BCUT2D eigenvalue weighted by Crippen LogP contribution is -2.42. The Hall–Kier alpha value is -1.71. The average molecular weight is 264 g/mol. The lowest BCUT2D eigenvalue weighted by Gasteiger charge is -2.24. The van der Waals surface area contributed by atoms with E-state index in [-0.39, 0.29) is 22.9 Å². The van der Waals surface area contributed by atoms with Crippen molar-refractivity contribution in [3.8, 4) is 0 Å². The number of carbonyl (C=O) groups excluding carboxylic acids is 1. The highest BCUT2D eigenvalue weighted by Gasteiger charge is 2.24. The van der Waals surface area contributed by atoms with Crippen LogP contribution in [0.1, 0.15) is 41.5 Å². The van der Waals surface area contributed by atoms with Crippen LogP contribution in [0.3, 0.4) is 0 Å². The molecule has 0 heterocycles. The van der Waals surface area contributed by atoms with Gasteiger partial charge in [-0.05, 0) is 53.7 Å². The van der Waals surface area contributed by atoms with Crippen LogP contribution >= 0.6 is 0 Å². The number of aliphatic hydroxyl groups is 1. The quantitative estimate of drug-likeness (QED) is 0.672. The fraction of sp³-hybridized carbons (Fsp3) is 0.533. The van der Waals surface area contributed by atoms with E-state index in [1.54, 1.807) is 18.2 Å². The summed E-state index contributed by atoms with van der Waals surface area (Å²) in [4.78, 5) is 12.1. The topological polar surface area (TPSA) is 61.4 Å². The zero-order chi connectivity index (χ0) is 14.8. The zero-order valence-electron chi connectivity index (χ0n) is 12.6. The molecule has 0 aromatic carbocycles. The zero-order valence-corrected chi connectivity index (χ0v) is 12.6. The summed E-state index contributed by atoms with van der Waals surface area (Å²) in [6.07, 6.45) is 5.19. The molecule has 19 heavy (non-hydrogen) atoms. The molecule has 106 valence electrons. The van der Waals surface area contributed by atoms with Gasteiger partial charge in [-0.2, -0.15) is 0 Å². The maximum absolute atomic E-state index is 12.1. The minimum atomic E-state index is -0.307. The predicted molar refractivity (Wildman–Crippen MR) is 77.7 cm³/mol. The van der Waals surface area contributed by atoms with Gasteiger partial charge in [-0.25, -0.2) is 0 Å². The Kier molecular flexibility index (Phi) is 4.13. The number of hydrogen-bond acceptors (Lipinski definition) is 3. The second-order valence-corrected chi connectivity index (χ2v) is 6.78.